The van der Waals surface area contributed by atoms with Crippen molar-refractivity contribution in [2.75, 3.05) is 13.2 Å². The van der Waals surface area contributed by atoms with Gasteiger partial charge in [-0.3, -0.25) is 0 Å². The Morgan fingerprint density at radius 1 is 1.06 bits per heavy atom. The minimum atomic E-state index is 0. The predicted octanol–water partition coefficient (Wildman–Crippen LogP) is 3.50. The highest BCUT2D eigenvalue weighted by Crippen LogP contribution is 2.33. The quantitative estimate of drug-likeness (QED) is 0.808. The first kappa shape index (κ1) is 14.8. The number of nitrogens with zero attached hydrogens (tertiary/aromatic N) is 2. The van der Waals surface area contributed by atoms with Gasteiger partial charge >= 0.3 is 0 Å². The fraction of sp³-hybridized carbons (Fsp3) is 0.333. The van der Waals surface area contributed by atoms with Crippen molar-refractivity contribution in [2.24, 2.45) is 0 Å². The van der Waals surface area contributed by atoms with E-state index in [1.54, 1.807) is 0 Å². The second-order valence-electron chi connectivity index (χ2n) is 3.35. The maximum atomic E-state index is 6.01. The molecule has 0 saturated heterocycles. The van der Waals surface area contributed by atoms with Crippen molar-refractivity contribution in [1.82, 2.24) is 9.97 Å². The molecule has 0 unspecified atom stereocenters. The number of benzene rings is 1. The summed E-state index contributed by atoms with van der Waals surface area (Å²) in [4.78, 5) is 8.10. The molecule has 0 amide bonds. The Morgan fingerprint density at radius 2 is 1.67 bits per heavy atom. The number of aromatic nitrogens is 2. The van der Waals surface area contributed by atoms with Crippen LogP contribution in [0.2, 0.25) is 5.15 Å². The van der Waals surface area contributed by atoms with Gasteiger partial charge in [-0.1, -0.05) is 11.6 Å². The minimum absolute atomic E-state index is 0. The summed E-state index contributed by atoms with van der Waals surface area (Å²) >= 11 is 6.01. The highest BCUT2D eigenvalue weighted by molar-refractivity contribution is 6.34. The summed E-state index contributed by atoms with van der Waals surface area (Å²) < 4.78 is 11.0. The molecule has 0 aliphatic heterocycles. The first-order valence-corrected chi connectivity index (χ1v) is 5.84. The molecule has 0 aliphatic carbocycles. The summed E-state index contributed by atoms with van der Waals surface area (Å²) in [7, 11) is 0. The van der Waals surface area contributed by atoms with Gasteiger partial charge in [0.2, 0.25) is 0 Å². The van der Waals surface area contributed by atoms with Crippen LogP contribution in [0.4, 0.5) is 0 Å². The fourth-order valence-electron chi connectivity index (χ4n) is 1.57. The summed E-state index contributed by atoms with van der Waals surface area (Å²) in [5.41, 5.74) is 0.747. The van der Waals surface area contributed by atoms with Crippen LogP contribution in [-0.2, 0) is 0 Å². The van der Waals surface area contributed by atoms with Crippen molar-refractivity contribution in [3.05, 3.63) is 23.6 Å². The fourth-order valence-corrected chi connectivity index (χ4v) is 1.76. The van der Waals surface area contributed by atoms with Crippen molar-refractivity contribution in [2.45, 2.75) is 13.8 Å². The summed E-state index contributed by atoms with van der Waals surface area (Å²) in [5, 5.41) is 1.18. The van der Waals surface area contributed by atoms with Crippen LogP contribution in [0.5, 0.6) is 11.5 Å². The van der Waals surface area contributed by atoms with E-state index in [1.807, 2.05) is 26.0 Å². The molecule has 1 aromatic heterocycles. The molecule has 98 valence electrons. The average Bonchev–Trinajstić information content (AvgIpc) is 2.32. The molecule has 18 heavy (non-hydrogen) atoms. The average molecular weight is 289 g/mol. The molecule has 2 aromatic rings. The lowest BCUT2D eigenvalue weighted by atomic mass is 10.2. The summed E-state index contributed by atoms with van der Waals surface area (Å²) in [6.45, 7) is 4.98. The molecular formula is C12H14Cl2N2O2. The molecular weight excluding hydrogens is 275 g/mol. The monoisotopic (exact) mass is 288 g/mol. The zero-order valence-electron chi connectivity index (χ0n) is 10.1. The Kier molecular flexibility index (Phi) is 5.44. The van der Waals surface area contributed by atoms with E-state index in [4.69, 9.17) is 21.1 Å². The zero-order valence-corrected chi connectivity index (χ0v) is 11.7. The van der Waals surface area contributed by atoms with E-state index in [2.05, 4.69) is 9.97 Å². The third-order valence-corrected chi connectivity index (χ3v) is 2.55. The first-order valence-electron chi connectivity index (χ1n) is 5.46. The molecule has 4 nitrogen and oxygen atoms in total. The van der Waals surface area contributed by atoms with Crippen LogP contribution in [0.15, 0.2) is 18.5 Å². The summed E-state index contributed by atoms with van der Waals surface area (Å²) in [6, 6.07) is 3.63. The van der Waals surface area contributed by atoms with Crippen LogP contribution >= 0.6 is 24.0 Å². The lowest BCUT2D eigenvalue weighted by molar-refractivity contribution is 0.288. The van der Waals surface area contributed by atoms with Gasteiger partial charge < -0.3 is 9.47 Å². The highest BCUT2D eigenvalue weighted by atomic mass is 35.5. The van der Waals surface area contributed by atoms with Crippen molar-refractivity contribution in [3.63, 3.8) is 0 Å². The van der Waals surface area contributed by atoms with Crippen LogP contribution in [0.25, 0.3) is 10.9 Å². The van der Waals surface area contributed by atoms with Crippen LogP contribution in [-0.4, -0.2) is 23.2 Å². The molecule has 1 heterocycles. The number of ether oxygens (including phenoxy) is 2. The molecule has 1 aromatic carbocycles. The van der Waals surface area contributed by atoms with Crippen LogP contribution < -0.4 is 9.47 Å². The topological polar surface area (TPSA) is 44.2 Å². The molecule has 0 radical (unpaired) electrons. The van der Waals surface area contributed by atoms with E-state index in [0.29, 0.717) is 29.9 Å². The standard InChI is InChI=1S/C12H13ClN2O2.ClH/c1-3-16-10-5-8-9(6-11(10)17-4-2)14-7-15-12(8)13;/h5-7H,3-4H2,1-2H3;1H. The van der Waals surface area contributed by atoms with Gasteiger partial charge in [0.25, 0.3) is 0 Å². The maximum absolute atomic E-state index is 6.01. The third kappa shape index (κ3) is 2.94. The number of halogens is 2. The highest BCUT2D eigenvalue weighted by Gasteiger charge is 2.10. The summed E-state index contributed by atoms with van der Waals surface area (Å²) in [5.74, 6) is 1.34. The van der Waals surface area contributed by atoms with Crippen molar-refractivity contribution < 1.29 is 9.47 Å². The summed E-state index contributed by atoms with van der Waals surface area (Å²) in [6.07, 6.45) is 1.43. The molecule has 0 N–H and O–H groups in total. The second-order valence-corrected chi connectivity index (χ2v) is 3.70. The van der Waals surface area contributed by atoms with Gasteiger partial charge in [0, 0.05) is 11.5 Å². The lowest BCUT2D eigenvalue weighted by Crippen LogP contribution is -1.99. The minimum Gasteiger partial charge on any atom is -0.490 e. The maximum Gasteiger partial charge on any atom is 0.163 e. The molecule has 6 heteroatoms. The molecule has 0 bridgehead atoms. The van der Waals surface area contributed by atoms with Crippen molar-refractivity contribution in [3.8, 4) is 11.5 Å². The van der Waals surface area contributed by atoms with Gasteiger partial charge in [0.05, 0.1) is 18.7 Å². The first-order chi connectivity index (χ1) is 8.26. The van der Waals surface area contributed by atoms with Crippen LogP contribution in [0.3, 0.4) is 0 Å². The molecule has 2 rings (SSSR count). The smallest absolute Gasteiger partial charge is 0.163 e. The van der Waals surface area contributed by atoms with Gasteiger partial charge in [-0.2, -0.15) is 0 Å². The molecule has 0 spiro atoms. The Labute approximate surface area is 117 Å². The molecule has 0 atom stereocenters. The lowest BCUT2D eigenvalue weighted by Gasteiger charge is -2.11. The number of hydrogen-bond acceptors (Lipinski definition) is 4. The van der Waals surface area contributed by atoms with E-state index < -0.39 is 0 Å². The second kappa shape index (κ2) is 6.61. The van der Waals surface area contributed by atoms with Crippen molar-refractivity contribution >= 4 is 34.9 Å². The largest absolute Gasteiger partial charge is 0.490 e. The van der Waals surface area contributed by atoms with Gasteiger partial charge in [-0.25, -0.2) is 9.97 Å². The number of hydrogen-bond donors (Lipinski definition) is 0. The van der Waals surface area contributed by atoms with Gasteiger partial charge in [0.15, 0.2) is 11.5 Å². The molecule has 0 saturated carbocycles. The SMILES string of the molecule is CCOc1cc2ncnc(Cl)c2cc1OCC.Cl. The van der Waals surface area contributed by atoms with Gasteiger partial charge in [0.1, 0.15) is 11.5 Å². The Morgan fingerprint density at radius 3 is 2.28 bits per heavy atom. The van der Waals surface area contributed by atoms with Crippen LogP contribution in [0, 0.1) is 0 Å². The van der Waals surface area contributed by atoms with E-state index in [1.165, 1.54) is 6.33 Å². The number of rotatable bonds is 4. The van der Waals surface area contributed by atoms with Crippen molar-refractivity contribution in [1.29, 1.82) is 0 Å². The van der Waals surface area contributed by atoms with E-state index >= 15 is 0 Å². The third-order valence-electron chi connectivity index (χ3n) is 2.25. The van der Waals surface area contributed by atoms with Gasteiger partial charge in [-0.15, -0.1) is 12.4 Å². The normalized spacial score (nSPS) is 9.94. The number of fused-ring (bicyclic) bond motifs is 1. The molecule has 0 fully saturated rings. The van der Waals surface area contributed by atoms with Gasteiger partial charge in [-0.05, 0) is 19.9 Å². The Hall–Kier alpha value is -1.26. The van der Waals surface area contributed by atoms with Crippen LogP contribution in [0.1, 0.15) is 13.8 Å². The predicted molar refractivity (Wildman–Crippen MR) is 74.1 cm³/mol. The zero-order chi connectivity index (χ0) is 12.3. The van der Waals surface area contributed by atoms with E-state index in [9.17, 15) is 0 Å². The molecule has 0 aliphatic rings. The Bertz CT molecular complexity index is 535. The Balaban J connectivity index is 0.00000162. The van der Waals surface area contributed by atoms with E-state index in [-0.39, 0.29) is 12.4 Å². The van der Waals surface area contributed by atoms with E-state index in [0.717, 1.165) is 10.9 Å².